The Bertz CT molecular complexity index is 835. The van der Waals surface area contributed by atoms with Crippen molar-refractivity contribution in [2.24, 2.45) is 0 Å². The minimum Gasteiger partial charge on any atom is -0.341 e. The van der Waals surface area contributed by atoms with E-state index in [4.69, 9.17) is 11.6 Å². The van der Waals surface area contributed by atoms with E-state index in [9.17, 15) is 13.2 Å². The highest BCUT2D eigenvalue weighted by atomic mass is 35.5. The molecule has 3 rings (SSSR count). The van der Waals surface area contributed by atoms with Gasteiger partial charge in [0.15, 0.2) is 9.84 Å². The van der Waals surface area contributed by atoms with Gasteiger partial charge in [0.05, 0.1) is 10.1 Å². The summed E-state index contributed by atoms with van der Waals surface area (Å²) in [5, 5.41) is -0.0440. The molecule has 0 saturated carbocycles. The van der Waals surface area contributed by atoms with E-state index in [2.05, 4.69) is 0 Å². The zero-order chi connectivity index (χ0) is 17.9. The normalized spacial score (nSPS) is 17.6. The molecular formula is C19H20ClNO3S. The molecule has 0 N–H and O–H groups in total. The Morgan fingerprint density at radius 3 is 2.44 bits per heavy atom. The molecule has 1 saturated heterocycles. The van der Waals surface area contributed by atoms with E-state index < -0.39 is 15.1 Å². The van der Waals surface area contributed by atoms with E-state index in [0.717, 1.165) is 5.56 Å². The van der Waals surface area contributed by atoms with Crippen LogP contribution in [0.25, 0.3) is 0 Å². The molecule has 132 valence electrons. The topological polar surface area (TPSA) is 54.5 Å². The van der Waals surface area contributed by atoms with Crippen molar-refractivity contribution in [3.8, 4) is 0 Å². The van der Waals surface area contributed by atoms with E-state index in [1.54, 1.807) is 17.0 Å². The summed E-state index contributed by atoms with van der Waals surface area (Å²) in [5.74, 6) is 0.0117. The lowest BCUT2D eigenvalue weighted by Crippen LogP contribution is -2.32. The molecule has 0 radical (unpaired) electrons. The van der Waals surface area contributed by atoms with Crippen molar-refractivity contribution in [3.63, 3.8) is 0 Å². The van der Waals surface area contributed by atoms with Gasteiger partial charge in [-0.25, -0.2) is 8.42 Å². The highest BCUT2D eigenvalue weighted by molar-refractivity contribution is 7.92. The number of likely N-dealkylation sites (tertiary alicyclic amines) is 1. The summed E-state index contributed by atoms with van der Waals surface area (Å²) >= 11 is 5.82. The number of sulfone groups is 1. The summed E-state index contributed by atoms with van der Waals surface area (Å²) < 4.78 is 25.4. The molecule has 1 aliphatic heterocycles. The summed E-state index contributed by atoms with van der Waals surface area (Å²) in [6.45, 7) is 0.754. The fourth-order valence-corrected chi connectivity index (χ4v) is 4.90. The average molecular weight is 378 g/mol. The van der Waals surface area contributed by atoms with Crippen LogP contribution in [0.15, 0.2) is 59.5 Å². The number of amides is 1. The highest BCUT2D eigenvalue weighted by Crippen LogP contribution is 2.25. The van der Waals surface area contributed by atoms with Crippen LogP contribution in [0, 0.1) is 0 Å². The maximum Gasteiger partial charge on any atom is 0.222 e. The molecule has 1 amide bonds. The first-order chi connectivity index (χ1) is 12.0. The molecule has 1 atom stereocenters. The Hall–Kier alpha value is -1.85. The third kappa shape index (κ3) is 4.22. The Labute approximate surface area is 153 Å². The van der Waals surface area contributed by atoms with Gasteiger partial charge in [-0.05, 0) is 42.7 Å². The van der Waals surface area contributed by atoms with Gasteiger partial charge in [-0.1, -0.05) is 41.9 Å². The predicted molar refractivity (Wildman–Crippen MR) is 98.4 cm³/mol. The average Bonchev–Trinajstić information content (AvgIpc) is 3.12. The molecule has 0 aromatic heterocycles. The molecule has 0 aliphatic carbocycles. The molecule has 0 spiro atoms. The first kappa shape index (κ1) is 18.0. The Balaban J connectivity index is 1.61. The third-order valence-electron chi connectivity index (χ3n) is 4.55. The zero-order valence-corrected chi connectivity index (χ0v) is 15.3. The van der Waals surface area contributed by atoms with Crippen LogP contribution < -0.4 is 0 Å². The SMILES string of the molecule is O=C(CCc1ccccc1)N1CCC(S(=O)(=O)c2ccc(Cl)cc2)C1. The van der Waals surface area contributed by atoms with Gasteiger partial charge in [-0.3, -0.25) is 4.79 Å². The van der Waals surface area contributed by atoms with Crippen LogP contribution in [0.1, 0.15) is 18.4 Å². The Morgan fingerprint density at radius 2 is 1.76 bits per heavy atom. The number of carbonyl (C=O) groups excluding carboxylic acids is 1. The van der Waals surface area contributed by atoms with Crippen LogP contribution in [0.3, 0.4) is 0 Å². The first-order valence-electron chi connectivity index (χ1n) is 8.28. The maximum absolute atomic E-state index is 12.7. The lowest BCUT2D eigenvalue weighted by Gasteiger charge is -2.17. The quantitative estimate of drug-likeness (QED) is 0.802. The number of halogens is 1. The molecule has 1 aliphatic rings. The third-order valence-corrected chi connectivity index (χ3v) is 6.99. The number of aryl methyl sites for hydroxylation is 1. The van der Waals surface area contributed by atoms with Crippen molar-refractivity contribution in [1.82, 2.24) is 4.90 Å². The summed E-state index contributed by atoms with van der Waals surface area (Å²) in [4.78, 5) is 14.3. The van der Waals surface area contributed by atoms with Gasteiger partial charge in [0.1, 0.15) is 0 Å². The lowest BCUT2D eigenvalue weighted by atomic mass is 10.1. The molecule has 1 unspecified atom stereocenters. The second-order valence-corrected chi connectivity index (χ2v) is 8.90. The van der Waals surface area contributed by atoms with E-state index in [0.29, 0.717) is 30.8 Å². The number of benzene rings is 2. The second kappa shape index (κ2) is 7.58. The van der Waals surface area contributed by atoms with Crippen LogP contribution in [-0.4, -0.2) is 37.6 Å². The fourth-order valence-electron chi connectivity index (χ4n) is 3.08. The number of hydrogen-bond acceptors (Lipinski definition) is 3. The van der Waals surface area contributed by atoms with Crippen molar-refractivity contribution in [1.29, 1.82) is 0 Å². The summed E-state index contributed by atoms with van der Waals surface area (Å²) in [5.41, 5.74) is 1.11. The number of hydrogen-bond donors (Lipinski definition) is 0. The van der Waals surface area contributed by atoms with E-state index in [1.165, 1.54) is 12.1 Å². The van der Waals surface area contributed by atoms with Gasteiger partial charge in [-0.2, -0.15) is 0 Å². The lowest BCUT2D eigenvalue weighted by molar-refractivity contribution is -0.130. The van der Waals surface area contributed by atoms with Gasteiger partial charge in [0.2, 0.25) is 5.91 Å². The van der Waals surface area contributed by atoms with Gasteiger partial charge in [-0.15, -0.1) is 0 Å². The maximum atomic E-state index is 12.7. The molecule has 6 heteroatoms. The van der Waals surface area contributed by atoms with Crippen LogP contribution in [0.2, 0.25) is 5.02 Å². The standard InChI is InChI=1S/C19H20ClNO3S/c20-16-7-9-17(10-8-16)25(23,24)18-12-13-21(14-18)19(22)11-6-15-4-2-1-3-5-15/h1-5,7-10,18H,6,11-14H2. The molecule has 4 nitrogen and oxygen atoms in total. The molecular weight excluding hydrogens is 358 g/mol. The van der Waals surface area contributed by atoms with Crippen LogP contribution in [0.4, 0.5) is 0 Å². The van der Waals surface area contributed by atoms with Crippen LogP contribution in [-0.2, 0) is 21.1 Å². The van der Waals surface area contributed by atoms with Gasteiger partial charge in [0, 0.05) is 24.5 Å². The monoisotopic (exact) mass is 377 g/mol. The van der Waals surface area contributed by atoms with E-state index in [1.807, 2.05) is 30.3 Å². The number of nitrogens with zero attached hydrogens (tertiary/aromatic N) is 1. The van der Waals surface area contributed by atoms with Gasteiger partial charge in [0.25, 0.3) is 0 Å². The molecule has 1 fully saturated rings. The Morgan fingerprint density at radius 1 is 1.08 bits per heavy atom. The largest absolute Gasteiger partial charge is 0.341 e. The summed E-state index contributed by atoms with van der Waals surface area (Å²) in [6.07, 6.45) is 1.55. The van der Waals surface area contributed by atoms with Crippen LogP contribution in [0.5, 0.6) is 0 Å². The van der Waals surface area contributed by atoms with Crippen molar-refractivity contribution in [2.75, 3.05) is 13.1 Å². The molecule has 2 aromatic carbocycles. The summed E-state index contributed by atoms with van der Waals surface area (Å²) in [7, 11) is -3.44. The van der Waals surface area contributed by atoms with Crippen molar-refractivity contribution in [2.45, 2.75) is 29.4 Å². The molecule has 2 aromatic rings. The number of carbonyl (C=O) groups is 1. The molecule has 25 heavy (non-hydrogen) atoms. The minimum atomic E-state index is -3.44. The van der Waals surface area contributed by atoms with Crippen molar-refractivity contribution < 1.29 is 13.2 Å². The second-order valence-electron chi connectivity index (χ2n) is 6.23. The van der Waals surface area contributed by atoms with Crippen molar-refractivity contribution in [3.05, 3.63) is 65.2 Å². The van der Waals surface area contributed by atoms with Gasteiger partial charge >= 0.3 is 0 Å². The van der Waals surface area contributed by atoms with Crippen LogP contribution >= 0.6 is 11.6 Å². The smallest absolute Gasteiger partial charge is 0.222 e. The van der Waals surface area contributed by atoms with Gasteiger partial charge < -0.3 is 4.90 Å². The first-order valence-corrected chi connectivity index (χ1v) is 10.2. The Kier molecular flexibility index (Phi) is 5.45. The molecule has 0 bridgehead atoms. The number of rotatable bonds is 5. The predicted octanol–water partition coefficient (Wildman–Crippen LogP) is 3.35. The van der Waals surface area contributed by atoms with E-state index in [-0.39, 0.29) is 17.3 Å². The van der Waals surface area contributed by atoms with Crippen molar-refractivity contribution >= 4 is 27.3 Å². The minimum absolute atomic E-state index is 0.0117. The fraction of sp³-hybridized carbons (Fsp3) is 0.316. The highest BCUT2D eigenvalue weighted by Gasteiger charge is 2.35. The summed E-state index contributed by atoms with van der Waals surface area (Å²) in [6, 6.07) is 16.0. The molecule has 1 heterocycles. The van der Waals surface area contributed by atoms with E-state index >= 15 is 0 Å². The zero-order valence-electron chi connectivity index (χ0n) is 13.8.